The number of hydrogen-bond acceptors (Lipinski definition) is 4. The highest BCUT2D eigenvalue weighted by Gasteiger charge is 2.30. The fourth-order valence-electron chi connectivity index (χ4n) is 4.29. The molecule has 6 heteroatoms. The Bertz CT molecular complexity index is 785. The highest BCUT2D eigenvalue weighted by atomic mass is 32.2. The standard InChI is InChI=1S/C22H30N4OS/c1-18-21(15-23-26(18)19-9-4-2-5-10-19)22(27)25-13-8-14-28-17-20(25)16-24-11-6-3-7-12-24/h2,4-5,9-10,15,20H,3,6-8,11-14,16-17H2,1H3. The van der Waals surface area contributed by atoms with Crippen molar-refractivity contribution in [3.8, 4) is 5.69 Å². The number of thioether (sulfide) groups is 1. The van der Waals surface area contributed by atoms with Gasteiger partial charge in [-0.05, 0) is 57.2 Å². The summed E-state index contributed by atoms with van der Waals surface area (Å²) in [4.78, 5) is 18.2. The second kappa shape index (κ2) is 9.14. The first-order chi connectivity index (χ1) is 13.7. The minimum atomic E-state index is 0.143. The van der Waals surface area contributed by atoms with Crippen LogP contribution in [0, 0.1) is 6.92 Å². The van der Waals surface area contributed by atoms with Crippen LogP contribution in [-0.4, -0.2) is 69.2 Å². The lowest BCUT2D eigenvalue weighted by atomic mass is 10.1. The van der Waals surface area contributed by atoms with Crippen molar-refractivity contribution in [1.29, 1.82) is 0 Å². The Morgan fingerprint density at radius 3 is 2.68 bits per heavy atom. The van der Waals surface area contributed by atoms with Crippen LogP contribution in [0.15, 0.2) is 36.5 Å². The van der Waals surface area contributed by atoms with E-state index in [2.05, 4.69) is 14.9 Å². The average molecular weight is 399 g/mol. The molecule has 28 heavy (non-hydrogen) atoms. The molecule has 0 N–H and O–H groups in total. The molecule has 1 atom stereocenters. The molecule has 2 fully saturated rings. The lowest BCUT2D eigenvalue weighted by molar-refractivity contribution is 0.0645. The van der Waals surface area contributed by atoms with Gasteiger partial charge in [-0.15, -0.1) is 0 Å². The molecule has 2 aromatic rings. The van der Waals surface area contributed by atoms with Crippen molar-refractivity contribution in [1.82, 2.24) is 19.6 Å². The topological polar surface area (TPSA) is 41.4 Å². The number of piperidine rings is 1. The second-order valence-electron chi connectivity index (χ2n) is 7.83. The van der Waals surface area contributed by atoms with E-state index in [0.717, 1.165) is 48.0 Å². The van der Waals surface area contributed by atoms with Crippen LogP contribution in [0.4, 0.5) is 0 Å². The Hall–Kier alpha value is -1.79. The number of carbonyl (C=O) groups is 1. The van der Waals surface area contributed by atoms with Gasteiger partial charge >= 0.3 is 0 Å². The second-order valence-corrected chi connectivity index (χ2v) is 8.98. The molecule has 0 radical (unpaired) electrons. The van der Waals surface area contributed by atoms with Crippen molar-refractivity contribution in [3.05, 3.63) is 47.8 Å². The van der Waals surface area contributed by atoms with Crippen LogP contribution in [0.1, 0.15) is 41.7 Å². The van der Waals surface area contributed by atoms with E-state index in [1.807, 2.05) is 53.7 Å². The number of para-hydroxylation sites is 1. The van der Waals surface area contributed by atoms with E-state index >= 15 is 0 Å². The third-order valence-electron chi connectivity index (χ3n) is 5.86. The Morgan fingerprint density at radius 1 is 1.11 bits per heavy atom. The molecule has 4 rings (SSSR count). The van der Waals surface area contributed by atoms with Gasteiger partial charge in [-0.25, -0.2) is 4.68 Å². The van der Waals surface area contributed by atoms with E-state index < -0.39 is 0 Å². The van der Waals surface area contributed by atoms with Crippen LogP contribution in [0.3, 0.4) is 0 Å². The van der Waals surface area contributed by atoms with Crippen molar-refractivity contribution in [3.63, 3.8) is 0 Å². The number of nitrogens with zero attached hydrogens (tertiary/aromatic N) is 4. The van der Waals surface area contributed by atoms with Crippen molar-refractivity contribution in [2.24, 2.45) is 0 Å². The zero-order chi connectivity index (χ0) is 19.3. The van der Waals surface area contributed by atoms with Gasteiger partial charge < -0.3 is 9.80 Å². The van der Waals surface area contributed by atoms with Gasteiger partial charge in [0.25, 0.3) is 5.91 Å². The molecule has 2 aliphatic heterocycles. The molecule has 0 aliphatic carbocycles. The van der Waals surface area contributed by atoms with E-state index in [1.165, 1.54) is 32.4 Å². The summed E-state index contributed by atoms with van der Waals surface area (Å²) in [5.74, 6) is 2.32. The zero-order valence-corrected chi connectivity index (χ0v) is 17.5. The predicted molar refractivity (Wildman–Crippen MR) is 115 cm³/mol. The third kappa shape index (κ3) is 4.28. The normalized spacial score (nSPS) is 21.5. The first-order valence-corrected chi connectivity index (χ1v) is 11.6. The van der Waals surface area contributed by atoms with Crippen molar-refractivity contribution in [2.45, 2.75) is 38.6 Å². The van der Waals surface area contributed by atoms with E-state index in [9.17, 15) is 4.79 Å². The fraction of sp³-hybridized carbons (Fsp3) is 0.545. The SMILES string of the molecule is Cc1c(C(=O)N2CCCSCC2CN2CCCCC2)cnn1-c1ccccc1. The van der Waals surface area contributed by atoms with E-state index in [1.54, 1.807) is 6.20 Å². The van der Waals surface area contributed by atoms with Crippen LogP contribution in [0.2, 0.25) is 0 Å². The number of rotatable bonds is 4. The molecule has 5 nitrogen and oxygen atoms in total. The molecule has 1 unspecified atom stereocenters. The maximum Gasteiger partial charge on any atom is 0.257 e. The summed E-state index contributed by atoms with van der Waals surface area (Å²) in [7, 11) is 0. The highest BCUT2D eigenvalue weighted by Crippen LogP contribution is 2.23. The lowest BCUT2D eigenvalue weighted by Crippen LogP contribution is -2.49. The summed E-state index contributed by atoms with van der Waals surface area (Å²) < 4.78 is 1.87. The van der Waals surface area contributed by atoms with Crippen LogP contribution < -0.4 is 0 Å². The number of hydrogen-bond donors (Lipinski definition) is 0. The van der Waals surface area contributed by atoms with Gasteiger partial charge in [-0.2, -0.15) is 16.9 Å². The van der Waals surface area contributed by atoms with E-state index in [4.69, 9.17) is 0 Å². The monoisotopic (exact) mass is 398 g/mol. The number of benzene rings is 1. The minimum Gasteiger partial charge on any atom is -0.333 e. The maximum absolute atomic E-state index is 13.5. The van der Waals surface area contributed by atoms with Gasteiger partial charge in [0.15, 0.2) is 0 Å². The van der Waals surface area contributed by atoms with Gasteiger partial charge in [0.2, 0.25) is 0 Å². The molecule has 1 aromatic carbocycles. The number of likely N-dealkylation sites (tertiary alicyclic amines) is 1. The Labute approximate surface area is 172 Å². The van der Waals surface area contributed by atoms with Crippen molar-refractivity contribution >= 4 is 17.7 Å². The largest absolute Gasteiger partial charge is 0.333 e. The van der Waals surface area contributed by atoms with Crippen molar-refractivity contribution in [2.75, 3.05) is 37.7 Å². The summed E-state index contributed by atoms with van der Waals surface area (Å²) in [6, 6.07) is 10.3. The first kappa shape index (κ1) is 19.5. The molecule has 0 saturated carbocycles. The molecule has 1 aromatic heterocycles. The summed E-state index contributed by atoms with van der Waals surface area (Å²) in [6.07, 6.45) is 6.74. The van der Waals surface area contributed by atoms with Gasteiger partial charge in [0.05, 0.1) is 29.2 Å². The van der Waals surface area contributed by atoms with E-state index in [0.29, 0.717) is 0 Å². The molecule has 0 bridgehead atoms. The van der Waals surface area contributed by atoms with Crippen LogP contribution in [0.5, 0.6) is 0 Å². The first-order valence-electron chi connectivity index (χ1n) is 10.4. The Morgan fingerprint density at radius 2 is 1.89 bits per heavy atom. The van der Waals surface area contributed by atoms with Gasteiger partial charge in [-0.1, -0.05) is 24.6 Å². The lowest BCUT2D eigenvalue weighted by Gasteiger charge is -2.35. The van der Waals surface area contributed by atoms with E-state index in [-0.39, 0.29) is 11.9 Å². The van der Waals surface area contributed by atoms with Crippen LogP contribution >= 0.6 is 11.8 Å². The van der Waals surface area contributed by atoms with Gasteiger partial charge in [0, 0.05) is 18.8 Å². The van der Waals surface area contributed by atoms with Gasteiger partial charge in [0.1, 0.15) is 0 Å². The Balaban J connectivity index is 1.55. The summed E-state index contributed by atoms with van der Waals surface area (Å²) in [5, 5.41) is 4.52. The number of carbonyl (C=O) groups excluding carboxylic acids is 1. The smallest absolute Gasteiger partial charge is 0.257 e. The summed E-state index contributed by atoms with van der Waals surface area (Å²) in [5.41, 5.74) is 2.65. The molecule has 2 aliphatic rings. The number of amides is 1. The molecule has 2 saturated heterocycles. The summed E-state index contributed by atoms with van der Waals surface area (Å²) in [6.45, 7) is 6.20. The minimum absolute atomic E-state index is 0.143. The third-order valence-corrected chi connectivity index (χ3v) is 7.06. The predicted octanol–water partition coefficient (Wildman–Crippen LogP) is 3.61. The fourth-order valence-corrected chi connectivity index (χ4v) is 5.35. The molecule has 3 heterocycles. The summed E-state index contributed by atoms with van der Waals surface area (Å²) >= 11 is 1.99. The van der Waals surface area contributed by atoms with Crippen LogP contribution in [0.25, 0.3) is 5.69 Å². The number of aromatic nitrogens is 2. The molecular formula is C22H30N4OS. The van der Waals surface area contributed by atoms with Crippen molar-refractivity contribution < 1.29 is 4.79 Å². The highest BCUT2D eigenvalue weighted by molar-refractivity contribution is 7.99. The molecular weight excluding hydrogens is 368 g/mol. The molecule has 1 amide bonds. The molecule has 150 valence electrons. The quantitative estimate of drug-likeness (QED) is 0.789. The molecule has 0 spiro atoms. The maximum atomic E-state index is 13.5. The average Bonchev–Trinajstić information content (AvgIpc) is 2.97. The Kier molecular flexibility index (Phi) is 6.37. The van der Waals surface area contributed by atoms with Crippen LogP contribution in [-0.2, 0) is 0 Å². The van der Waals surface area contributed by atoms with Gasteiger partial charge in [-0.3, -0.25) is 4.79 Å². The zero-order valence-electron chi connectivity index (χ0n) is 16.7.